The van der Waals surface area contributed by atoms with Gasteiger partial charge < -0.3 is 20.9 Å². The molecule has 0 saturated heterocycles. The molecule has 1 heterocycles. The molecular formula is C12H14N4O3S. The zero-order valence-electron chi connectivity index (χ0n) is 10.5. The van der Waals surface area contributed by atoms with Crippen LogP contribution in [0.4, 0.5) is 5.69 Å². The fourth-order valence-electron chi connectivity index (χ4n) is 1.45. The average molecular weight is 294 g/mol. The number of primary amides is 1. The van der Waals surface area contributed by atoms with E-state index in [1.807, 2.05) is 0 Å². The van der Waals surface area contributed by atoms with Crippen molar-refractivity contribution in [1.29, 1.82) is 0 Å². The summed E-state index contributed by atoms with van der Waals surface area (Å²) in [5.74, 6) is -0.0679. The highest BCUT2D eigenvalue weighted by Gasteiger charge is 2.07. The van der Waals surface area contributed by atoms with Crippen molar-refractivity contribution in [2.24, 2.45) is 5.73 Å². The van der Waals surface area contributed by atoms with E-state index in [0.717, 1.165) is 17.4 Å². The Morgan fingerprint density at radius 1 is 1.45 bits per heavy atom. The Balaban J connectivity index is 1.75. The van der Waals surface area contributed by atoms with Crippen molar-refractivity contribution in [3.8, 4) is 5.88 Å². The Kier molecular flexibility index (Phi) is 4.85. The smallest absolute Gasteiger partial charge is 0.248 e. The van der Waals surface area contributed by atoms with E-state index in [2.05, 4.69) is 14.1 Å². The van der Waals surface area contributed by atoms with Gasteiger partial charge in [0, 0.05) is 17.8 Å². The van der Waals surface area contributed by atoms with E-state index in [1.54, 1.807) is 24.3 Å². The van der Waals surface area contributed by atoms with E-state index in [1.165, 1.54) is 6.20 Å². The Morgan fingerprint density at radius 3 is 2.80 bits per heavy atom. The number of aliphatic hydroxyl groups excluding tert-OH is 1. The maximum atomic E-state index is 10.9. The molecule has 1 aromatic carbocycles. The number of aliphatic hydroxyl groups is 1. The van der Waals surface area contributed by atoms with Gasteiger partial charge in [0.05, 0.1) is 11.7 Å². The molecule has 20 heavy (non-hydrogen) atoms. The third-order valence-corrected chi connectivity index (χ3v) is 2.94. The molecule has 7 nitrogen and oxygen atoms in total. The molecule has 1 amide bonds. The SMILES string of the molecule is NC(=O)c1ccc(NCC(O)COc2cnsn2)cc1. The predicted molar refractivity (Wildman–Crippen MR) is 74.9 cm³/mol. The molecule has 8 heteroatoms. The van der Waals surface area contributed by atoms with Gasteiger partial charge in [0.2, 0.25) is 11.8 Å². The quantitative estimate of drug-likeness (QED) is 0.685. The van der Waals surface area contributed by atoms with Gasteiger partial charge in [-0.2, -0.15) is 4.37 Å². The molecule has 1 aromatic heterocycles. The molecule has 2 rings (SSSR count). The van der Waals surface area contributed by atoms with Crippen LogP contribution in [0.15, 0.2) is 30.5 Å². The van der Waals surface area contributed by atoms with Crippen LogP contribution in [0.3, 0.4) is 0 Å². The van der Waals surface area contributed by atoms with Crippen LogP contribution in [0.2, 0.25) is 0 Å². The topological polar surface area (TPSA) is 110 Å². The summed E-state index contributed by atoms with van der Waals surface area (Å²) in [7, 11) is 0. The molecule has 106 valence electrons. The van der Waals surface area contributed by atoms with Gasteiger partial charge in [-0.15, -0.1) is 4.37 Å². The molecule has 1 atom stereocenters. The highest BCUT2D eigenvalue weighted by molar-refractivity contribution is 6.99. The van der Waals surface area contributed by atoms with Gasteiger partial charge in [-0.25, -0.2) is 0 Å². The third kappa shape index (κ3) is 4.18. The van der Waals surface area contributed by atoms with Gasteiger partial charge >= 0.3 is 0 Å². The van der Waals surface area contributed by atoms with Crippen LogP contribution in [-0.4, -0.2) is 39.0 Å². The normalized spacial score (nSPS) is 11.8. The zero-order valence-corrected chi connectivity index (χ0v) is 11.3. The van der Waals surface area contributed by atoms with Gasteiger partial charge in [0.1, 0.15) is 18.9 Å². The lowest BCUT2D eigenvalue weighted by Gasteiger charge is -2.12. The van der Waals surface area contributed by atoms with E-state index in [0.29, 0.717) is 18.0 Å². The summed E-state index contributed by atoms with van der Waals surface area (Å²) >= 11 is 1.05. The summed E-state index contributed by atoms with van der Waals surface area (Å²) < 4.78 is 12.9. The lowest BCUT2D eigenvalue weighted by Crippen LogP contribution is -2.26. The first-order chi connectivity index (χ1) is 9.65. The van der Waals surface area contributed by atoms with Crippen LogP contribution in [0.25, 0.3) is 0 Å². The molecule has 0 spiro atoms. The number of carbonyl (C=O) groups excluding carboxylic acids is 1. The summed E-state index contributed by atoms with van der Waals surface area (Å²) in [6.45, 7) is 0.436. The van der Waals surface area contributed by atoms with Crippen LogP contribution < -0.4 is 15.8 Å². The fraction of sp³-hybridized carbons (Fsp3) is 0.250. The largest absolute Gasteiger partial charge is 0.473 e. The fourth-order valence-corrected chi connectivity index (χ4v) is 1.81. The first kappa shape index (κ1) is 14.2. The van der Waals surface area contributed by atoms with Crippen LogP contribution in [0.5, 0.6) is 5.88 Å². The monoisotopic (exact) mass is 294 g/mol. The predicted octanol–water partition coefficient (Wildman–Crippen LogP) is 0.489. The molecule has 0 aliphatic carbocycles. The van der Waals surface area contributed by atoms with Gasteiger partial charge in [-0.1, -0.05) is 0 Å². The van der Waals surface area contributed by atoms with Crippen molar-refractivity contribution in [2.45, 2.75) is 6.10 Å². The van der Waals surface area contributed by atoms with Crippen molar-refractivity contribution in [3.63, 3.8) is 0 Å². The molecule has 4 N–H and O–H groups in total. The lowest BCUT2D eigenvalue weighted by molar-refractivity contribution is 0.1000. The first-order valence-electron chi connectivity index (χ1n) is 5.87. The van der Waals surface area contributed by atoms with E-state index >= 15 is 0 Å². The van der Waals surface area contributed by atoms with Gasteiger partial charge in [0.15, 0.2) is 0 Å². The maximum absolute atomic E-state index is 10.9. The number of nitrogens with two attached hydrogens (primary N) is 1. The Bertz CT molecular complexity index is 544. The van der Waals surface area contributed by atoms with Crippen molar-refractivity contribution in [1.82, 2.24) is 8.75 Å². The number of nitrogens with one attached hydrogen (secondary N) is 1. The summed E-state index contributed by atoms with van der Waals surface area (Å²) in [6.07, 6.45) is 0.806. The van der Waals surface area contributed by atoms with E-state index in [4.69, 9.17) is 10.5 Å². The lowest BCUT2D eigenvalue weighted by atomic mass is 10.2. The molecule has 0 aliphatic rings. The van der Waals surface area contributed by atoms with Crippen molar-refractivity contribution < 1.29 is 14.6 Å². The highest BCUT2D eigenvalue weighted by atomic mass is 32.1. The van der Waals surface area contributed by atoms with E-state index in [9.17, 15) is 9.90 Å². The minimum atomic E-state index is -0.687. The Hall–Kier alpha value is -2.19. The number of benzene rings is 1. The Morgan fingerprint density at radius 2 is 2.20 bits per heavy atom. The molecule has 0 radical (unpaired) electrons. The number of ether oxygens (including phenoxy) is 1. The van der Waals surface area contributed by atoms with Gasteiger partial charge in [-0.3, -0.25) is 4.79 Å². The maximum Gasteiger partial charge on any atom is 0.248 e. The average Bonchev–Trinajstić information content (AvgIpc) is 2.96. The minimum absolute atomic E-state index is 0.123. The zero-order chi connectivity index (χ0) is 14.4. The van der Waals surface area contributed by atoms with Crippen LogP contribution in [-0.2, 0) is 0 Å². The third-order valence-electron chi connectivity index (χ3n) is 2.48. The van der Waals surface area contributed by atoms with Crippen molar-refractivity contribution >= 4 is 23.3 Å². The van der Waals surface area contributed by atoms with Crippen LogP contribution in [0.1, 0.15) is 10.4 Å². The number of amides is 1. The van der Waals surface area contributed by atoms with Crippen molar-refractivity contribution in [2.75, 3.05) is 18.5 Å². The molecule has 0 saturated carbocycles. The van der Waals surface area contributed by atoms with Crippen LogP contribution >= 0.6 is 11.7 Å². The van der Waals surface area contributed by atoms with E-state index < -0.39 is 12.0 Å². The second-order valence-electron chi connectivity index (χ2n) is 4.03. The number of nitrogens with zero attached hydrogens (tertiary/aromatic N) is 2. The number of rotatable bonds is 7. The van der Waals surface area contributed by atoms with E-state index in [-0.39, 0.29) is 6.61 Å². The number of aromatic nitrogens is 2. The molecule has 0 fully saturated rings. The number of carbonyl (C=O) groups is 1. The molecule has 0 aliphatic heterocycles. The Labute approximate surface area is 119 Å². The number of hydrogen-bond donors (Lipinski definition) is 3. The molecule has 2 aromatic rings. The first-order valence-corrected chi connectivity index (χ1v) is 6.60. The second kappa shape index (κ2) is 6.83. The number of anilines is 1. The second-order valence-corrected chi connectivity index (χ2v) is 4.59. The van der Waals surface area contributed by atoms with Gasteiger partial charge in [0.25, 0.3) is 0 Å². The minimum Gasteiger partial charge on any atom is -0.473 e. The van der Waals surface area contributed by atoms with Crippen molar-refractivity contribution in [3.05, 3.63) is 36.0 Å². The van der Waals surface area contributed by atoms with Crippen LogP contribution in [0, 0.1) is 0 Å². The summed E-state index contributed by atoms with van der Waals surface area (Å²) in [6, 6.07) is 6.68. The summed E-state index contributed by atoms with van der Waals surface area (Å²) in [5, 5.41) is 12.8. The molecule has 1 unspecified atom stereocenters. The standard InChI is InChI=1S/C12H14N4O3S/c13-12(18)8-1-3-9(4-2-8)14-5-10(17)7-19-11-6-15-20-16-11/h1-4,6,10,14,17H,5,7H2,(H2,13,18). The highest BCUT2D eigenvalue weighted by Crippen LogP contribution is 2.09. The van der Waals surface area contributed by atoms with Gasteiger partial charge in [-0.05, 0) is 24.3 Å². The molecular weight excluding hydrogens is 280 g/mol. The molecule has 0 bridgehead atoms. The number of hydrogen-bond acceptors (Lipinski definition) is 7. The summed E-state index contributed by atoms with van der Waals surface area (Å²) in [5.41, 5.74) is 6.37. The summed E-state index contributed by atoms with van der Waals surface area (Å²) in [4.78, 5) is 10.9.